The van der Waals surface area contributed by atoms with Crippen LogP contribution in [0.15, 0.2) is 81.6 Å². The van der Waals surface area contributed by atoms with Crippen molar-refractivity contribution in [3.05, 3.63) is 113 Å². The molecule has 0 unspecified atom stereocenters. The van der Waals surface area contributed by atoms with Crippen molar-refractivity contribution in [2.24, 2.45) is 0 Å². The Hall–Kier alpha value is -4.92. The summed E-state index contributed by atoms with van der Waals surface area (Å²) < 4.78 is 21.1. The molecule has 0 atom stereocenters. The van der Waals surface area contributed by atoms with Gasteiger partial charge in [0, 0.05) is 18.4 Å². The van der Waals surface area contributed by atoms with Crippen molar-refractivity contribution in [2.45, 2.75) is 25.2 Å². The summed E-state index contributed by atoms with van der Waals surface area (Å²) in [6.07, 6.45) is -0.0203. The normalized spacial score (nSPS) is 14.2. The van der Waals surface area contributed by atoms with Crippen molar-refractivity contribution in [1.29, 1.82) is 0 Å². The lowest BCUT2D eigenvalue weighted by molar-refractivity contribution is -0.124. The second kappa shape index (κ2) is 10.1. The molecule has 0 radical (unpaired) electrons. The molecule has 4 aromatic rings. The topological polar surface area (TPSA) is 116 Å². The van der Waals surface area contributed by atoms with Gasteiger partial charge < -0.3 is 18.3 Å². The van der Waals surface area contributed by atoms with Crippen molar-refractivity contribution < 1.29 is 37.5 Å². The maximum absolute atomic E-state index is 14.6. The zero-order chi connectivity index (χ0) is 27.7. The predicted octanol–water partition coefficient (Wildman–Crippen LogP) is 4.66. The highest BCUT2D eigenvalue weighted by Crippen LogP contribution is 2.43. The largest absolute Gasteiger partial charge is 0.463 e. The van der Waals surface area contributed by atoms with E-state index in [-0.39, 0.29) is 24.4 Å². The smallest absolute Gasteiger partial charge is 0.373 e. The maximum atomic E-state index is 14.6. The van der Waals surface area contributed by atoms with Gasteiger partial charge in [0.2, 0.25) is 17.4 Å². The Morgan fingerprint density at radius 2 is 1.31 bits per heavy atom. The number of ether oxygens (including phenoxy) is 2. The minimum Gasteiger partial charge on any atom is -0.463 e. The SMILES string of the molecule is COC(=O)c1ccc(CC2(Cc3ccc(C(=O)OC)o3)C(=O)N(c3ccccc3C)C(=O)c3ccccc32)o1. The van der Waals surface area contributed by atoms with Gasteiger partial charge in [-0.2, -0.15) is 0 Å². The van der Waals surface area contributed by atoms with Gasteiger partial charge in [-0.1, -0.05) is 36.4 Å². The van der Waals surface area contributed by atoms with E-state index in [0.29, 0.717) is 28.3 Å². The monoisotopic (exact) mass is 527 g/mol. The molecule has 5 rings (SSSR count). The number of amides is 2. The summed E-state index contributed by atoms with van der Waals surface area (Å²) in [4.78, 5) is 53.7. The van der Waals surface area contributed by atoms with Gasteiger partial charge in [0.15, 0.2) is 0 Å². The highest BCUT2D eigenvalue weighted by atomic mass is 16.5. The van der Waals surface area contributed by atoms with Gasteiger partial charge in [-0.05, 0) is 54.4 Å². The van der Waals surface area contributed by atoms with Gasteiger partial charge in [0.05, 0.1) is 25.3 Å². The van der Waals surface area contributed by atoms with Gasteiger partial charge in [-0.15, -0.1) is 0 Å². The number of hydrogen-bond acceptors (Lipinski definition) is 8. The molecule has 0 saturated heterocycles. The maximum Gasteiger partial charge on any atom is 0.373 e. The van der Waals surface area contributed by atoms with E-state index in [4.69, 9.17) is 18.3 Å². The third kappa shape index (κ3) is 4.41. The van der Waals surface area contributed by atoms with Crippen LogP contribution in [0.4, 0.5) is 5.69 Å². The van der Waals surface area contributed by atoms with Gasteiger partial charge >= 0.3 is 11.9 Å². The number of benzene rings is 2. The van der Waals surface area contributed by atoms with Crippen LogP contribution in [0.3, 0.4) is 0 Å². The zero-order valence-electron chi connectivity index (χ0n) is 21.6. The lowest BCUT2D eigenvalue weighted by Crippen LogP contribution is -2.57. The number of carbonyl (C=O) groups excluding carboxylic acids is 4. The molecular weight excluding hydrogens is 502 g/mol. The summed E-state index contributed by atoms with van der Waals surface area (Å²) in [5.41, 5.74) is 0.625. The Morgan fingerprint density at radius 3 is 1.87 bits per heavy atom. The Morgan fingerprint density at radius 1 is 0.769 bits per heavy atom. The van der Waals surface area contributed by atoms with Crippen LogP contribution in [0.2, 0.25) is 0 Å². The van der Waals surface area contributed by atoms with Crippen molar-refractivity contribution in [1.82, 2.24) is 0 Å². The first kappa shape index (κ1) is 25.7. The van der Waals surface area contributed by atoms with Crippen LogP contribution in [0.5, 0.6) is 0 Å². The summed E-state index contributed by atoms with van der Waals surface area (Å²) in [5.74, 6) is -1.63. The highest BCUT2D eigenvalue weighted by molar-refractivity contribution is 6.27. The van der Waals surface area contributed by atoms with E-state index >= 15 is 0 Å². The van der Waals surface area contributed by atoms with Crippen LogP contribution in [-0.4, -0.2) is 38.0 Å². The van der Waals surface area contributed by atoms with Crippen molar-refractivity contribution in [3.63, 3.8) is 0 Å². The summed E-state index contributed by atoms with van der Waals surface area (Å²) in [6.45, 7) is 1.82. The molecule has 9 heteroatoms. The molecule has 1 aliphatic heterocycles. The second-order valence-electron chi connectivity index (χ2n) is 9.23. The number of fused-ring (bicyclic) bond motifs is 1. The quantitative estimate of drug-likeness (QED) is 0.252. The van der Waals surface area contributed by atoms with Gasteiger partial charge in [0.25, 0.3) is 5.91 Å². The van der Waals surface area contributed by atoms with Crippen molar-refractivity contribution >= 4 is 29.4 Å². The fourth-order valence-electron chi connectivity index (χ4n) is 5.03. The zero-order valence-corrected chi connectivity index (χ0v) is 21.6. The molecule has 2 aromatic carbocycles. The number of esters is 2. The molecule has 2 amide bonds. The first-order valence-electron chi connectivity index (χ1n) is 12.2. The van der Waals surface area contributed by atoms with E-state index in [1.165, 1.54) is 31.3 Å². The number of aryl methyl sites for hydroxylation is 1. The molecule has 0 bridgehead atoms. The first-order chi connectivity index (χ1) is 18.8. The highest BCUT2D eigenvalue weighted by Gasteiger charge is 2.52. The lowest BCUT2D eigenvalue weighted by Gasteiger charge is -2.41. The van der Waals surface area contributed by atoms with Crippen molar-refractivity contribution in [2.75, 3.05) is 19.1 Å². The van der Waals surface area contributed by atoms with E-state index in [1.54, 1.807) is 48.5 Å². The molecule has 0 spiro atoms. The average molecular weight is 528 g/mol. The third-order valence-corrected chi connectivity index (χ3v) is 6.89. The lowest BCUT2D eigenvalue weighted by atomic mass is 9.68. The summed E-state index contributed by atoms with van der Waals surface area (Å²) >= 11 is 0. The van der Waals surface area contributed by atoms with Crippen molar-refractivity contribution in [3.8, 4) is 0 Å². The number of para-hydroxylation sites is 1. The summed E-state index contributed by atoms with van der Waals surface area (Å²) in [7, 11) is 2.49. The molecule has 0 fully saturated rings. The van der Waals surface area contributed by atoms with Gasteiger partial charge in [0.1, 0.15) is 11.5 Å². The number of carbonyl (C=O) groups is 4. The van der Waals surface area contributed by atoms with Crippen LogP contribution >= 0.6 is 0 Å². The molecule has 1 aliphatic rings. The molecule has 0 saturated carbocycles. The Kier molecular flexibility index (Phi) is 6.66. The molecule has 9 nitrogen and oxygen atoms in total. The molecule has 0 aliphatic carbocycles. The van der Waals surface area contributed by atoms with Crippen LogP contribution in [0.1, 0.15) is 54.1 Å². The molecule has 39 heavy (non-hydrogen) atoms. The molecule has 3 heterocycles. The molecule has 0 N–H and O–H groups in total. The average Bonchev–Trinajstić information content (AvgIpc) is 3.62. The number of rotatable bonds is 7. The fraction of sp³-hybridized carbons (Fsp3) is 0.200. The van der Waals surface area contributed by atoms with E-state index in [0.717, 1.165) is 5.56 Å². The number of anilines is 1. The van der Waals surface area contributed by atoms with E-state index < -0.39 is 29.2 Å². The summed E-state index contributed by atoms with van der Waals surface area (Å²) in [6, 6.07) is 20.2. The number of imide groups is 1. The van der Waals surface area contributed by atoms with Gasteiger partial charge in [-0.25, -0.2) is 14.5 Å². The van der Waals surface area contributed by atoms with Gasteiger partial charge in [-0.3, -0.25) is 9.59 Å². The predicted molar refractivity (Wildman–Crippen MR) is 139 cm³/mol. The number of hydrogen-bond donors (Lipinski definition) is 0. The summed E-state index contributed by atoms with van der Waals surface area (Å²) in [5, 5.41) is 0. The standard InChI is InChI=1S/C30H25NO8/c1-18-8-4-7-11-23(18)31-26(32)21-9-5-6-10-22(21)30(29(31)35,16-19-12-14-24(38-19)27(33)36-2)17-20-13-15-25(39-20)28(34)37-3/h4-15H,16-17H2,1-3H3. The van der Waals surface area contributed by atoms with E-state index in [2.05, 4.69) is 0 Å². The fourth-order valence-corrected chi connectivity index (χ4v) is 5.03. The molecule has 2 aromatic heterocycles. The minimum atomic E-state index is -1.40. The van der Waals surface area contributed by atoms with Crippen LogP contribution < -0.4 is 4.90 Å². The Balaban J connectivity index is 1.71. The third-order valence-electron chi connectivity index (χ3n) is 6.89. The van der Waals surface area contributed by atoms with Crippen LogP contribution in [0.25, 0.3) is 0 Å². The number of methoxy groups -OCH3 is 2. The minimum absolute atomic E-state index is 0.0102. The second-order valence-corrected chi connectivity index (χ2v) is 9.23. The number of furan rings is 2. The van der Waals surface area contributed by atoms with E-state index in [9.17, 15) is 19.2 Å². The Bertz CT molecular complexity index is 1540. The number of nitrogens with zero attached hydrogens (tertiary/aromatic N) is 1. The first-order valence-corrected chi connectivity index (χ1v) is 12.2. The van der Waals surface area contributed by atoms with E-state index in [1.807, 2.05) is 19.1 Å². The Labute approximate surface area is 223 Å². The molecule has 198 valence electrons. The molecular formula is C30H25NO8. The van der Waals surface area contributed by atoms with Crippen LogP contribution in [-0.2, 0) is 32.5 Å². The van der Waals surface area contributed by atoms with Crippen LogP contribution in [0, 0.1) is 6.92 Å².